The van der Waals surface area contributed by atoms with Crippen LogP contribution in [0.5, 0.6) is 0 Å². The van der Waals surface area contributed by atoms with E-state index in [1.165, 1.54) is 0 Å². The largest absolute Gasteiger partial charge is 0.430 e. The van der Waals surface area contributed by atoms with Crippen molar-refractivity contribution in [2.75, 3.05) is 5.32 Å². The van der Waals surface area contributed by atoms with Crippen molar-refractivity contribution in [3.8, 4) is 0 Å². The van der Waals surface area contributed by atoms with Gasteiger partial charge in [-0.15, -0.1) is 0 Å². The molecular formula is C24H19ClN2O3. The molecule has 1 aliphatic heterocycles. The van der Waals surface area contributed by atoms with Gasteiger partial charge in [0.05, 0.1) is 11.4 Å². The Balaban J connectivity index is 1.61. The SMILES string of the molecule is O=C(CCc1ccccc1)OC1N=C(c2ccccc2)c2cc(Cl)ccc2N[14C]1=O. The zero-order chi connectivity index (χ0) is 20.9. The third kappa shape index (κ3) is 4.58. The predicted molar refractivity (Wildman–Crippen MR) is 117 cm³/mol. The van der Waals surface area contributed by atoms with Crippen molar-refractivity contribution in [2.45, 2.75) is 19.1 Å². The van der Waals surface area contributed by atoms with Gasteiger partial charge in [0.15, 0.2) is 0 Å². The fraction of sp³-hybridized carbons (Fsp3) is 0.125. The maximum Gasteiger partial charge on any atom is 0.308 e. The topological polar surface area (TPSA) is 67.8 Å². The van der Waals surface area contributed by atoms with Gasteiger partial charge >= 0.3 is 5.97 Å². The number of halogens is 1. The number of nitrogens with zero attached hydrogens (tertiary/aromatic N) is 1. The summed E-state index contributed by atoms with van der Waals surface area (Å²) in [5.74, 6) is -0.989. The number of nitrogens with one attached hydrogen (secondary N) is 1. The quantitative estimate of drug-likeness (QED) is 0.612. The summed E-state index contributed by atoms with van der Waals surface area (Å²) >= 11 is 6.19. The number of hydrogen-bond donors (Lipinski definition) is 1. The summed E-state index contributed by atoms with van der Waals surface area (Å²) < 4.78 is 5.45. The van der Waals surface area contributed by atoms with Crippen molar-refractivity contribution in [3.05, 3.63) is 101 Å². The number of hydrogen-bond acceptors (Lipinski definition) is 4. The fourth-order valence-corrected chi connectivity index (χ4v) is 3.41. The van der Waals surface area contributed by atoms with E-state index in [-0.39, 0.29) is 6.42 Å². The molecule has 3 aromatic rings. The third-order valence-electron chi connectivity index (χ3n) is 4.72. The first-order chi connectivity index (χ1) is 14.6. The first-order valence-corrected chi connectivity index (χ1v) is 9.95. The number of fused-ring (bicyclic) bond motifs is 1. The van der Waals surface area contributed by atoms with Crippen LogP contribution in [0.2, 0.25) is 5.02 Å². The molecule has 0 aliphatic carbocycles. The molecule has 0 bridgehead atoms. The van der Waals surface area contributed by atoms with Gasteiger partial charge in [0.25, 0.3) is 12.1 Å². The number of aryl methyl sites for hydroxylation is 1. The van der Waals surface area contributed by atoms with Crippen LogP contribution in [0.15, 0.2) is 83.9 Å². The number of aliphatic imine (C=N–C) groups is 1. The Morgan fingerprint density at radius 1 is 1.03 bits per heavy atom. The minimum absolute atomic E-state index is 0.156. The van der Waals surface area contributed by atoms with Gasteiger partial charge in [-0.05, 0) is 30.2 Å². The lowest BCUT2D eigenvalue weighted by Crippen LogP contribution is -2.30. The molecule has 6 heteroatoms. The van der Waals surface area contributed by atoms with Crippen LogP contribution >= 0.6 is 11.6 Å². The standard InChI is InChI=1S/C24H19ClN2O3/c25-18-12-13-20-19(15-18)22(17-9-5-2-6-10-17)27-24(23(29)26-20)30-21(28)14-11-16-7-3-1-4-8-16/h1-10,12-13,15,24H,11,14H2,(H,26,29)/i23+2. The highest BCUT2D eigenvalue weighted by atomic mass is 35.5. The Hall–Kier alpha value is -3.44. The normalized spacial score (nSPS) is 15.4. The predicted octanol–water partition coefficient (Wildman–Crippen LogP) is 4.63. The minimum Gasteiger partial charge on any atom is -0.430 e. The highest BCUT2D eigenvalue weighted by Gasteiger charge is 2.28. The lowest BCUT2D eigenvalue weighted by atomic mass is 10.0. The van der Waals surface area contributed by atoms with Gasteiger partial charge in [0, 0.05) is 22.6 Å². The zero-order valence-electron chi connectivity index (χ0n) is 16.0. The molecule has 0 fully saturated rings. The Morgan fingerprint density at radius 2 is 1.73 bits per heavy atom. The molecule has 1 atom stereocenters. The molecule has 5 nitrogen and oxygen atoms in total. The van der Waals surface area contributed by atoms with Crippen LogP contribution in [0.1, 0.15) is 23.1 Å². The Bertz CT molecular complexity index is 1100. The smallest absolute Gasteiger partial charge is 0.308 e. The number of rotatable bonds is 5. The molecule has 0 saturated carbocycles. The average Bonchev–Trinajstić information content (AvgIpc) is 2.90. The van der Waals surface area contributed by atoms with E-state index in [1.54, 1.807) is 18.2 Å². The molecular weight excluding hydrogens is 402 g/mol. The van der Waals surface area contributed by atoms with Gasteiger partial charge in [0.2, 0.25) is 0 Å². The van der Waals surface area contributed by atoms with E-state index in [2.05, 4.69) is 10.3 Å². The van der Waals surface area contributed by atoms with E-state index in [4.69, 9.17) is 16.3 Å². The number of carbonyl (C=O) groups is 2. The van der Waals surface area contributed by atoms with Crippen molar-refractivity contribution in [1.82, 2.24) is 0 Å². The number of ether oxygens (including phenoxy) is 1. The van der Waals surface area contributed by atoms with Crippen molar-refractivity contribution in [2.24, 2.45) is 4.99 Å². The Morgan fingerprint density at radius 3 is 2.47 bits per heavy atom. The van der Waals surface area contributed by atoms with E-state index in [0.29, 0.717) is 28.4 Å². The summed E-state index contributed by atoms with van der Waals surface area (Å²) in [6.07, 6.45) is -0.600. The molecule has 1 unspecified atom stereocenters. The van der Waals surface area contributed by atoms with E-state index in [9.17, 15) is 9.59 Å². The van der Waals surface area contributed by atoms with Crippen LogP contribution in [0.25, 0.3) is 0 Å². The Labute approximate surface area is 179 Å². The van der Waals surface area contributed by atoms with Crippen LogP contribution in [-0.2, 0) is 20.7 Å². The van der Waals surface area contributed by atoms with E-state index >= 15 is 0 Å². The van der Waals surface area contributed by atoms with Crippen molar-refractivity contribution >= 4 is 34.9 Å². The lowest BCUT2D eigenvalue weighted by molar-refractivity contribution is -0.153. The lowest BCUT2D eigenvalue weighted by Gasteiger charge is -2.12. The van der Waals surface area contributed by atoms with E-state index < -0.39 is 18.1 Å². The van der Waals surface area contributed by atoms with Crippen molar-refractivity contribution < 1.29 is 14.3 Å². The average molecular weight is 421 g/mol. The van der Waals surface area contributed by atoms with Gasteiger partial charge in [0.1, 0.15) is 0 Å². The number of benzodiazepines with no additional fused rings is 1. The molecule has 1 aliphatic rings. The number of esters is 1. The van der Waals surface area contributed by atoms with Gasteiger partial charge in [-0.1, -0.05) is 72.3 Å². The maximum absolute atomic E-state index is 12.7. The van der Waals surface area contributed by atoms with Gasteiger partial charge < -0.3 is 10.1 Å². The van der Waals surface area contributed by atoms with Gasteiger partial charge in [-0.2, -0.15) is 0 Å². The van der Waals surface area contributed by atoms with Crippen LogP contribution in [0, 0.1) is 0 Å². The summed E-state index contributed by atoms with van der Waals surface area (Å²) in [6.45, 7) is 0. The summed E-state index contributed by atoms with van der Waals surface area (Å²) in [5, 5.41) is 3.31. The monoisotopic (exact) mass is 420 g/mol. The maximum atomic E-state index is 12.7. The second-order valence-corrected chi connectivity index (χ2v) is 7.29. The van der Waals surface area contributed by atoms with E-state index in [1.807, 2.05) is 60.7 Å². The highest BCUT2D eigenvalue weighted by Crippen LogP contribution is 2.27. The molecule has 1 N–H and O–H groups in total. The molecule has 4 rings (SSSR count). The second kappa shape index (κ2) is 8.93. The van der Waals surface area contributed by atoms with Crippen LogP contribution in [-0.4, -0.2) is 23.8 Å². The van der Waals surface area contributed by atoms with Gasteiger partial charge in [-0.3, -0.25) is 9.59 Å². The molecule has 3 aromatic carbocycles. The molecule has 0 radical (unpaired) electrons. The first-order valence-electron chi connectivity index (χ1n) is 9.57. The summed E-state index contributed by atoms with van der Waals surface area (Å²) in [4.78, 5) is 29.6. The van der Waals surface area contributed by atoms with Crippen molar-refractivity contribution in [1.29, 1.82) is 0 Å². The third-order valence-corrected chi connectivity index (χ3v) is 4.95. The van der Waals surface area contributed by atoms with Crippen LogP contribution in [0.3, 0.4) is 0 Å². The van der Waals surface area contributed by atoms with Crippen LogP contribution in [0.4, 0.5) is 5.69 Å². The summed E-state index contributed by atoms with van der Waals surface area (Å²) in [7, 11) is 0. The molecule has 150 valence electrons. The molecule has 0 spiro atoms. The number of benzene rings is 3. The zero-order valence-corrected chi connectivity index (χ0v) is 16.8. The first kappa shape index (κ1) is 19.9. The fourth-order valence-electron chi connectivity index (χ4n) is 3.24. The number of anilines is 1. The minimum atomic E-state index is -1.28. The van der Waals surface area contributed by atoms with Gasteiger partial charge in [-0.25, -0.2) is 4.99 Å². The van der Waals surface area contributed by atoms with Crippen molar-refractivity contribution in [3.63, 3.8) is 0 Å². The summed E-state index contributed by atoms with van der Waals surface area (Å²) in [5.41, 5.74) is 3.59. The van der Waals surface area contributed by atoms with Crippen LogP contribution < -0.4 is 5.32 Å². The Kier molecular flexibility index (Phi) is 5.91. The number of amides is 1. The molecule has 1 heterocycles. The number of carbonyl (C=O) groups excluding carboxylic acids is 2. The summed E-state index contributed by atoms with van der Waals surface area (Å²) in [6, 6.07) is 24.2. The van der Waals surface area contributed by atoms with E-state index in [0.717, 1.165) is 11.1 Å². The second-order valence-electron chi connectivity index (χ2n) is 6.85. The molecule has 0 saturated heterocycles. The molecule has 30 heavy (non-hydrogen) atoms. The highest BCUT2D eigenvalue weighted by molar-refractivity contribution is 6.32. The molecule has 1 amide bonds. The molecule has 0 aromatic heterocycles.